The molecular formula is C16H26. The molecule has 0 atom stereocenters. The summed E-state index contributed by atoms with van der Waals surface area (Å²) in [6.45, 7) is 4.28. The summed E-state index contributed by atoms with van der Waals surface area (Å²) in [5, 5.41) is 0. The van der Waals surface area contributed by atoms with Gasteiger partial charge in [0.2, 0.25) is 0 Å². The Morgan fingerprint density at radius 3 is 2.00 bits per heavy atom. The molecule has 2 aliphatic rings. The van der Waals surface area contributed by atoms with E-state index in [4.69, 9.17) is 0 Å². The van der Waals surface area contributed by atoms with Crippen LogP contribution in [0, 0.1) is 11.8 Å². The van der Waals surface area contributed by atoms with Crippen molar-refractivity contribution in [3.05, 3.63) is 24.3 Å². The molecule has 0 unspecified atom stereocenters. The van der Waals surface area contributed by atoms with E-state index in [1.54, 1.807) is 0 Å². The smallest absolute Gasteiger partial charge is 0.0168 e. The van der Waals surface area contributed by atoms with Crippen molar-refractivity contribution in [2.75, 3.05) is 0 Å². The Morgan fingerprint density at radius 2 is 1.38 bits per heavy atom. The van der Waals surface area contributed by atoms with Crippen molar-refractivity contribution in [3.8, 4) is 0 Å². The van der Waals surface area contributed by atoms with Crippen LogP contribution in [0.5, 0.6) is 0 Å². The fourth-order valence-corrected chi connectivity index (χ4v) is 3.20. The summed E-state index contributed by atoms with van der Waals surface area (Å²) >= 11 is 0. The summed E-state index contributed by atoms with van der Waals surface area (Å²) in [5.41, 5.74) is 1.41. The van der Waals surface area contributed by atoms with E-state index in [2.05, 4.69) is 18.7 Å². The van der Waals surface area contributed by atoms with E-state index >= 15 is 0 Å². The van der Waals surface area contributed by atoms with Gasteiger partial charge in [0.25, 0.3) is 0 Å². The summed E-state index contributed by atoms with van der Waals surface area (Å²) in [6, 6.07) is 0. The molecule has 0 spiro atoms. The minimum atomic E-state index is 0.800. The molecule has 0 N–H and O–H groups in total. The van der Waals surface area contributed by atoms with Gasteiger partial charge in [-0.2, -0.15) is 0 Å². The lowest BCUT2D eigenvalue weighted by atomic mass is 9.83. The monoisotopic (exact) mass is 218 g/mol. The first kappa shape index (κ1) is 12.0. The molecule has 0 bridgehead atoms. The van der Waals surface area contributed by atoms with Gasteiger partial charge in [0, 0.05) is 0 Å². The highest BCUT2D eigenvalue weighted by Gasteiger charge is 2.15. The Kier molecular flexibility index (Phi) is 4.69. The fraction of sp³-hybridized carbons (Fsp3) is 0.750. The van der Waals surface area contributed by atoms with Gasteiger partial charge in [-0.1, -0.05) is 62.8 Å². The van der Waals surface area contributed by atoms with Gasteiger partial charge in [0.05, 0.1) is 0 Å². The predicted octanol–water partition coefficient (Wildman–Crippen LogP) is 5.26. The van der Waals surface area contributed by atoms with Crippen LogP contribution < -0.4 is 0 Å². The van der Waals surface area contributed by atoms with Crippen LogP contribution in [0.4, 0.5) is 0 Å². The van der Waals surface area contributed by atoms with Crippen molar-refractivity contribution in [1.29, 1.82) is 0 Å². The largest absolute Gasteiger partial charge is 0.0956 e. The molecule has 0 aromatic carbocycles. The molecule has 0 aromatic rings. The average Bonchev–Trinajstić information content (AvgIpc) is 2.38. The molecular weight excluding hydrogens is 192 g/mol. The topological polar surface area (TPSA) is 0 Å². The molecule has 90 valence electrons. The van der Waals surface area contributed by atoms with E-state index in [-0.39, 0.29) is 0 Å². The molecule has 0 radical (unpaired) electrons. The standard InChI is InChI=1S/C16H26/c1-14(16-10-6-3-7-11-16)12-13-15-8-4-2-5-9-15/h12-13,15-16H,1-11H2. The fourth-order valence-electron chi connectivity index (χ4n) is 3.20. The maximum atomic E-state index is 4.28. The van der Waals surface area contributed by atoms with Crippen LogP contribution in [0.25, 0.3) is 0 Å². The van der Waals surface area contributed by atoms with E-state index < -0.39 is 0 Å². The first-order valence-corrected chi connectivity index (χ1v) is 7.23. The molecule has 16 heavy (non-hydrogen) atoms. The third-order valence-electron chi connectivity index (χ3n) is 4.36. The maximum absolute atomic E-state index is 4.28. The van der Waals surface area contributed by atoms with Gasteiger partial charge < -0.3 is 0 Å². The quantitative estimate of drug-likeness (QED) is 0.567. The van der Waals surface area contributed by atoms with Crippen LogP contribution in [0.15, 0.2) is 24.3 Å². The normalized spacial score (nSPS) is 25.0. The second-order valence-electron chi connectivity index (χ2n) is 5.67. The highest BCUT2D eigenvalue weighted by atomic mass is 14.2. The Morgan fingerprint density at radius 1 is 0.812 bits per heavy atom. The van der Waals surface area contributed by atoms with Crippen molar-refractivity contribution in [2.45, 2.75) is 64.2 Å². The summed E-state index contributed by atoms with van der Waals surface area (Å²) < 4.78 is 0. The Hall–Kier alpha value is -0.520. The van der Waals surface area contributed by atoms with Crippen molar-refractivity contribution in [1.82, 2.24) is 0 Å². The summed E-state index contributed by atoms with van der Waals surface area (Å²) in [4.78, 5) is 0. The van der Waals surface area contributed by atoms with Crippen LogP contribution in [-0.2, 0) is 0 Å². The SMILES string of the molecule is C=C(C=CC1CCCCC1)C1CCCCC1. The van der Waals surface area contributed by atoms with Crippen LogP contribution >= 0.6 is 0 Å². The highest BCUT2D eigenvalue weighted by Crippen LogP contribution is 2.30. The molecule has 0 aliphatic heterocycles. The Bertz CT molecular complexity index is 237. The third-order valence-corrected chi connectivity index (χ3v) is 4.36. The summed E-state index contributed by atoms with van der Waals surface area (Å²) in [5.74, 6) is 1.66. The lowest BCUT2D eigenvalue weighted by Gasteiger charge is -2.23. The highest BCUT2D eigenvalue weighted by molar-refractivity contribution is 5.19. The molecule has 2 rings (SSSR count). The molecule has 2 aliphatic carbocycles. The minimum Gasteiger partial charge on any atom is -0.0956 e. The second-order valence-corrected chi connectivity index (χ2v) is 5.67. The zero-order valence-electron chi connectivity index (χ0n) is 10.6. The molecule has 0 heterocycles. The minimum absolute atomic E-state index is 0.800. The zero-order valence-corrected chi connectivity index (χ0v) is 10.6. The van der Waals surface area contributed by atoms with Crippen molar-refractivity contribution < 1.29 is 0 Å². The molecule has 2 saturated carbocycles. The maximum Gasteiger partial charge on any atom is -0.0168 e. The van der Waals surface area contributed by atoms with Crippen molar-refractivity contribution >= 4 is 0 Å². The molecule has 0 saturated heterocycles. The Balaban J connectivity index is 1.78. The predicted molar refractivity (Wildman–Crippen MR) is 71.4 cm³/mol. The summed E-state index contributed by atoms with van der Waals surface area (Å²) in [6.07, 6.45) is 19.0. The van der Waals surface area contributed by atoms with Gasteiger partial charge in [-0.15, -0.1) is 0 Å². The van der Waals surface area contributed by atoms with E-state index in [1.807, 2.05) is 0 Å². The van der Waals surface area contributed by atoms with E-state index in [9.17, 15) is 0 Å². The van der Waals surface area contributed by atoms with Crippen LogP contribution in [0.2, 0.25) is 0 Å². The number of rotatable bonds is 3. The van der Waals surface area contributed by atoms with E-state index in [0.29, 0.717) is 0 Å². The third kappa shape index (κ3) is 3.50. The lowest BCUT2D eigenvalue weighted by molar-refractivity contribution is 0.405. The van der Waals surface area contributed by atoms with Crippen molar-refractivity contribution in [2.24, 2.45) is 11.8 Å². The number of allylic oxidation sites excluding steroid dienone is 3. The molecule has 2 fully saturated rings. The van der Waals surface area contributed by atoms with Gasteiger partial charge in [0.1, 0.15) is 0 Å². The lowest BCUT2D eigenvalue weighted by Crippen LogP contribution is -2.08. The van der Waals surface area contributed by atoms with Crippen LogP contribution in [-0.4, -0.2) is 0 Å². The molecule has 0 nitrogen and oxygen atoms in total. The molecule has 0 aromatic heterocycles. The number of hydrogen-bond acceptors (Lipinski definition) is 0. The van der Waals surface area contributed by atoms with Crippen LogP contribution in [0.1, 0.15) is 64.2 Å². The first-order valence-electron chi connectivity index (χ1n) is 7.23. The van der Waals surface area contributed by atoms with Crippen LogP contribution in [0.3, 0.4) is 0 Å². The van der Waals surface area contributed by atoms with Gasteiger partial charge >= 0.3 is 0 Å². The van der Waals surface area contributed by atoms with Gasteiger partial charge in [-0.25, -0.2) is 0 Å². The molecule has 0 heteroatoms. The van der Waals surface area contributed by atoms with Gasteiger partial charge in [-0.3, -0.25) is 0 Å². The van der Waals surface area contributed by atoms with Gasteiger partial charge in [-0.05, 0) is 37.5 Å². The summed E-state index contributed by atoms with van der Waals surface area (Å²) in [7, 11) is 0. The van der Waals surface area contributed by atoms with Gasteiger partial charge in [0.15, 0.2) is 0 Å². The number of hydrogen-bond donors (Lipinski definition) is 0. The average molecular weight is 218 g/mol. The molecule has 0 amide bonds. The second kappa shape index (κ2) is 6.27. The zero-order chi connectivity index (χ0) is 11.2. The van der Waals surface area contributed by atoms with E-state index in [0.717, 1.165) is 11.8 Å². The van der Waals surface area contributed by atoms with E-state index in [1.165, 1.54) is 69.8 Å². The Labute approximate surface area is 101 Å². The van der Waals surface area contributed by atoms with Crippen molar-refractivity contribution in [3.63, 3.8) is 0 Å². The first-order chi connectivity index (χ1) is 7.86.